The smallest absolute Gasteiger partial charge is 0.211 e. The van der Waals surface area contributed by atoms with E-state index in [-0.39, 0.29) is 5.96 Å². The molecule has 0 radical (unpaired) electrons. The van der Waals surface area contributed by atoms with Gasteiger partial charge in [0.25, 0.3) is 0 Å². The summed E-state index contributed by atoms with van der Waals surface area (Å²) >= 11 is 0. The quantitative estimate of drug-likeness (QED) is 0.485. The number of methoxy groups -OCH3 is 1. The number of rotatable bonds is 6. The fourth-order valence-corrected chi connectivity index (χ4v) is 1.97. The molecule has 2 aromatic rings. The van der Waals surface area contributed by atoms with Gasteiger partial charge in [0.05, 0.1) is 13.3 Å². The second kappa shape index (κ2) is 7.84. The van der Waals surface area contributed by atoms with E-state index < -0.39 is 0 Å². The number of hydrogen-bond donors (Lipinski definition) is 2. The Labute approximate surface area is 135 Å². The van der Waals surface area contributed by atoms with E-state index in [1.807, 2.05) is 30.3 Å². The van der Waals surface area contributed by atoms with Crippen molar-refractivity contribution in [1.82, 2.24) is 0 Å². The highest BCUT2D eigenvalue weighted by atomic mass is 16.5. The molecule has 0 unspecified atom stereocenters. The summed E-state index contributed by atoms with van der Waals surface area (Å²) in [7, 11) is 1.59. The highest BCUT2D eigenvalue weighted by Gasteiger charge is 2.06. The summed E-state index contributed by atoms with van der Waals surface area (Å²) in [5.41, 5.74) is 13.5. The van der Waals surface area contributed by atoms with E-state index in [1.54, 1.807) is 13.2 Å². The fourth-order valence-electron chi connectivity index (χ4n) is 1.97. The van der Waals surface area contributed by atoms with Crippen LogP contribution < -0.4 is 20.9 Å². The second-order valence-electron chi connectivity index (χ2n) is 4.89. The number of nitrogens with zero attached hydrogens (tertiary/aromatic N) is 2. The molecule has 0 aliphatic heterocycles. The largest absolute Gasteiger partial charge is 0.493 e. The topological polar surface area (TPSA) is 95.2 Å². The van der Waals surface area contributed by atoms with Gasteiger partial charge in [-0.25, -0.2) is 0 Å². The molecule has 0 spiro atoms. The van der Waals surface area contributed by atoms with Crippen molar-refractivity contribution in [2.24, 2.45) is 21.7 Å². The van der Waals surface area contributed by atoms with Crippen molar-refractivity contribution in [1.29, 1.82) is 0 Å². The Balaban J connectivity index is 2.12. The van der Waals surface area contributed by atoms with Crippen LogP contribution in [0.5, 0.6) is 11.5 Å². The van der Waals surface area contributed by atoms with Gasteiger partial charge in [0.1, 0.15) is 6.61 Å². The van der Waals surface area contributed by atoms with Crippen molar-refractivity contribution in [3.63, 3.8) is 0 Å². The highest BCUT2D eigenvalue weighted by Crippen LogP contribution is 2.28. The molecule has 0 atom stereocenters. The van der Waals surface area contributed by atoms with Crippen LogP contribution in [0.1, 0.15) is 16.7 Å². The number of nitrogens with two attached hydrogens (primary N) is 2. The number of ether oxygens (including phenoxy) is 2. The molecule has 0 aliphatic rings. The van der Waals surface area contributed by atoms with Crippen molar-refractivity contribution in [3.8, 4) is 11.5 Å². The van der Waals surface area contributed by atoms with Gasteiger partial charge in [-0.05, 0) is 41.8 Å². The van der Waals surface area contributed by atoms with Crippen LogP contribution in [0.25, 0.3) is 0 Å². The van der Waals surface area contributed by atoms with Gasteiger partial charge in [-0.1, -0.05) is 24.3 Å². The van der Waals surface area contributed by atoms with Crippen LogP contribution >= 0.6 is 0 Å². The molecule has 6 nitrogen and oxygen atoms in total. The molecule has 0 fully saturated rings. The minimum Gasteiger partial charge on any atom is -0.493 e. The summed E-state index contributed by atoms with van der Waals surface area (Å²) in [5, 5.41) is 7.32. The van der Waals surface area contributed by atoms with Crippen molar-refractivity contribution in [3.05, 3.63) is 59.2 Å². The van der Waals surface area contributed by atoms with Gasteiger partial charge in [-0.3, -0.25) is 0 Å². The summed E-state index contributed by atoms with van der Waals surface area (Å²) in [5.74, 6) is 1.19. The van der Waals surface area contributed by atoms with Gasteiger partial charge in [0.15, 0.2) is 11.5 Å². The van der Waals surface area contributed by atoms with Gasteiger partial charge < -0.3 is 20.9 Å². The third-order valence-corrected chi connectivity index (χ3v) is 3.21. The summed E-state index contributed by atoms with van der Waals surface area (Å²) < 4.78 is 11.2. The molecule has 0 bridgehead atoms. The Bertz CT molecular complexity index is 722. The Morgan fingerprint density at radius 1 is 1.13 bits per heavy atom. The Morgan fingerprint density at radius 2 is 1.91 bits per heavy atom. The number of aryl methyl sites for hydroxylation is 1. The molecular formula is C17H20N4O2. The molecule has 0 aromatic heterocycles. The normalized spacial score (nSPS) is 10.5. The molecule has 2 aromatic carbocycles. The van der Waals surface area contributed by atoms with E-state index in [0.29, 0.717) is 18.1 Å². The van der Waals surface area contributed by atoms with Crippen LogP contribution in [0.3, 0.4) is 0 Å². The minimum atomic E-state index is -0.0913. The molecule has 0 heterocycles. The average molecular weight is 312 g/mol. The first-order chi connectivity index (χ1) is 11.1. The Hall–Kier alpha value is -3.02. The summed E-state index contributed by atoms with van der Waals surface area (Å²) in [4.78, 5) is 0. The maximum Gasteiger partial charge on any atom is 0.211 e. The third-order valence-electron chi connectivity index (χ3n) is 3.21. The lowest BCUT2D eigenvalue weighted by atomic mass is 10.1. The van der Waals surface area contributed by atoms with Crippen molar-refractivity contribution < 1.29 is 9.47 Å². The van der Waals surface area contributed by atoms with Crippen LogP contribution in [0.2, 0.25) is 0 Å². The summed E-state index contributed by atoms with van der Waals surface area (Å²) in [6.07, 6.45) is 1.54. The van der Waals surface area contributed by atoms with Gasteiger partial charge in [-0.15, -0.1) is 5.10 Å². The maximum atomic E-state index is 5.86. The third kappa shape index (κ3) is 4.74. The average Bonchev–Trinajstić information content (AvgIpc) is 2.54. The van der Waals surface area contributed by atoms with Crippen molar-refractivity contribution in [2.75, 3.05) is 7.11 Å². The fraction of sp³-hybridized carbons (Fsp3) is 0.176. The zero-order valence-corrected chi connectivity index (χ0v) is 13.2. The van der Waals surface area contributed by atoms with E-state index in [9.17, 15) is 0 Å². The predicted molar refractivity (Wildman–Crippen MR) is 91.9 cm³/mol. The molecule has 120 valence electrons. The number of benzene rings is 2. The van der Waals surface area contributed by atoms with Crippen molar-refractivity contribution in [2.45, 2.75) is 13.5 Å². The highest BCUT2D eigenvalue weighted by molar-refractivity contribution is 5.82. The first-order valence-electron chi connectivity index (χ1n) is 7.07. The summed E-state index contributed by atoms with van der Waals surface area (Å²) in [6, 6.07) is 13.6. The molecule has 0 aliphatic carbocycles. The Kier molecular flexibility index (Phi) is 5.57. The van der Waals surface area contributed by atoms with Gasteiger partial charge >= 0.3 is 0 Å². The maximum absolute atomic E-state index is 5.86. The molecule has 0 saturated heterocycles. The van der Waals surface area contributed by atoms with Crippen LogP contribution in [-0.2, 0) is 6.61 Å². The first-order valence-corrected chi connectivity index (χ1v) is 7.07. The monoisotopic (exact) mass is 312 g/mol. The molecule has 2 rings (SSSR count). The van der Waals surface area contributed by atoms with Crippen LogP contribution in [-0.4, -0.2) is 19.3 Å². The number of hydrogen-bond acceptors (Lipinski definition) is 4. The molecule has 23 heavy (non-hydrogen) atoms. The van der Waals surface area contributed by atoms with Crippen LogP contribution in [0.15, 0.2) is 52.7 Å². The van der Waals surface area contributed by atoms with E-state index in [2.05, 4.69) is 23.2 Å². The van der Waals surface area contributed by atoms with Crippen LogP contribution in [0, 0.1) is 6.92 Å². The summed E-state index contributed by atoms with van der Waals surface area (Å²) in [6.45, 7) is 2.53. The van der Waals surface area contributed by atoms with E-state index in [1.165, 1.54) is 11.8 Å². The zero-order valence-electron chi connectivity index (χ0n) is 13.2. The van der Waals surface area contributed by atoms with Crippen LogP contribution in [0.4, 0.5) is 0 Å². The second-order valence-corrected chi connectivity index (χ2v) is 4.89. The molecule has 4 N–H and O–H groups in total. The van der Waals surface area contributed by atoms with Gasteiger partial charge in [0.2, 0.25) is 5.96 Å². The SMILES string of the molecule is COc1cc(/C=N/N=C(N)N)ccc1OCc1ccccc1C. The minimum absolute atomic E-state index is 0.0913. The molecular weight excluding hydrogens is 292 g/mol. The van der Waals surface area contributed by atoms with E-state index in [4.69, 9.17) is 20.9 Å². The number of guanidine groups is 1. The predicted octanol–water partition coefficient (Wildman–Crippen LogP) is 2.19. The van der Waals surface area contributed by atoms with E-state index >= 15 is 0 Å². The zero-order chi connectivity index (χ0) is 16.7. The van der Waals surface area contributed by atoms with E-state index in [0.717, 1.165) is 11.1 Å². The lowest BCUT2D eigenvalue weighted by Crippen LogP contribution is -2.21. The lowest BCUT2D eigenvalue weighted by molar-refractivity contribution is 0.284. The molecule has 0 saturated carbocycles. The lowest BCUT2D eigenvalue weighted by Gasteiger charge is -2.12. The first kappa shape index (κ1) is 16.4. The standard InChI is InChI=1S/C17H20N4O2/c1-12-5-3-4-6-14(12)11-23-15-8-7-13(9-16(15)22-2)10-20-21-17(18)19/h3-10H,11H2,1-2H3,(H4,18,19,21)/b20-10+. The van der Waals surface area contributed by atoms with Gasteiger partial charge in [0, 0.05) is 0 Å². The van der Waals surface area contributed by atoms with Gasteiger partial charge in [-0.2, -0.15) is 5.10 Å². The molecule has 6 heteroatoms. The Morgan fingerprint density at radius 3 is 2.61 bits per heavy atom. The molecule has 0 amide bonds. The van der Waals surface area contributed by atoms with Crippen molar-refractivity contribution >= 4 is 12.2 Å².